The van der Waals surface area contributed by atoms with E-state index in [1.807, 2.05) is 0 Å². The Balaban J connectivity index is 1.76. The summed E-state index contributed by atoms with van der Waals surface area (Å²) >= 11 is 0. The lowest BCUT2D eigenvalue weighted by Gasteiger charge is -2.28. The normalized spacial score (nSPS) is 23.5. The van der Waals surface area contributed by atoms with Gasteiger partial charge in [0.05, 0.1) is 0 Å². The molecule has 19 heavy (non-hydrogen) atoms. The molecule has 0 spiro atoms. The summed E-state index contributed by atoms with van der Waals surface area (Å²) in [5.41, 5.74) is 3.00. The van der Waals surface area contributed by atoms with Crippen LogP contribution in [0.5, 0.6) is 0 Å². The predicted octanol–water partition coefficient (Wildman–Crippen LogP) is 4.49. The van der Waals surface area contributed by atoms with E-state index in [0.717, 1.165) is 12.1 Å². The number of rotatable bonds is 6. The van der Waals surface area contributed by atoms with Gasteiger partial charge in [-0.25, -0.2) is 0 Å². The Labute approximate surface area is 118 Å². The Hall–Kier alpha value is -0.820. The van der Waals surface area contributed by atoms with Crippen molar-refractivity contribution in [2.75, 3.05) is 0 Å². The van der Waals surface area contributed by atoms with Crippen LogP contribution in [-0.4, -0.2) is 12.1 Å². The molecular formula is C18H29N. The summed E-state index contributed by atoms with van der Waals surface area (Å²) in [6, 6.07) is 10.8. The summed E-state index contributed by atoms with van der Waals surface area (Å²) in [5.74, 6) is 0. The van der Waals surface area contributed by atoms with Gasteiger partial charge in [-0.05, 0) is 56.6 Å². The predicted molar refractivity (Wildman–Crippen MR) is 83.6 cm³/mol. The zero-order valence-corrected chi connectivity index (χ0v) is 12.6. The van der Waals surface area contributed by atoms with E-state index >= 15 is 0 Å². The van der Waals surface area contributed by atoms with E-state index in [9.17, 15) is 0 Å². The summed E-state index contributed by atoms with van der Waals surface area (Å²) in [6.45, 7) is 4.57. The highest BCUT2D eigenvalue weighted by molar-refractivity contribution is 5.22. The summed E-state index contributed by atoms with van der Waals surface area (Å²) < 4.78 is 0. The molecule has 2 atom stereocenters. The molecule has 1 N–H and O–H groups in total. The summed E-state index contributed by atoms with van der Waals surface area (Å²) in [7, 11) is 0. The smallest absolute Gasteiger partial charge is 0.00727 e. The third-order valence-electron chi connectivity index (χ3n) is 4.33. The number of hydrogen-bond donors (Lipinski definition) is 1. The van der Waals surface area contributed by atoms with Gasteiger partial charge in [0.25, 0.3) is 0 Å². The molecule has 1 aliphatic heterocycles. The van der Waals surface area contributed by atoms with Gasteiger partial charge in [-0.15, -0.1) is 0 Å². The molecule has 0 amide bonds. The van der Waals surface area contributed by atoms with Gasteiger partial charge >= 0.3 is 0 Å². The van der Waals surface area contributed by atoms with E-state index in [0.29, 0.717) is 0 Å². The largest absolute Gasteiger partial charge is 0.311 e. The lowest BCUT2D eigenvalue weighted by atomic mass is 9.94. The van der Waals surface area contributed by atoms with Crippen molar-refractivity contribution in [2.45, 2.75) is 77.3 Å². The summed E-state index contributed by atoms with van der Waals surface area (Å²) in [5, 5.41) is 3.73. The first-order chi connectivity index (χ1) is 9.28. The summed E-state index contributed by atoms with van der Waals surface area (Å²) in [4.78, 5) is 0. The first-order valence-corrected chi connectivity index (χ1v) is 8.12. The standard InChI is InChI=1S/C18H29N/c1-3-4-7-16-9-11-17(12-10-16)13-14-18-8-5-6-15(2)19-18/h9-12,15,18-19H,3-8,13-14H2,1-2H3. The highest BCUT2D eigenvalue weighted by Crippen LogP contribution is 2.17. The zero-order chi connectivity index (χ0) is 13.5. The van der Waals surface area contributed by atoms with Crippen molar-refractivity contribution in [2.24, 2.45) is 0 Å². The third-order valence-corrected chi connectivity index (χ3v) is 4.33. The zero-order valence-electron chi connectivity index (χ0n) is 12.6. The number of piperidine rings is 1. The van der Waals surface area contributed by atoms with Gasteiger partial charge in [0, 0.05) is 12.1 Å². The van der Waals surface area contributed by atoms with Crippen LogP contribution in [0.1, 0.15) is 63.5 Å². The third kappa shape index (κ3) is 4.99. The molecule has 0 aliphatic carbocycles. The molecule has 1 aromatic rings. The second-order valence-electron chi connectivity index (χ2n) is 6.15. The summed E-state index contributed by atoms with van der Waals surface area (Å²) in [6.07, 6.45) is 10.4. The van der Waals surface area contributed by atoms with E-state index in [-0.39, 0.29) is 0 Å². The van der Waals surface area contributed by atoms with Crippen molar-refractivity contribution in [1.29, 1.82) is 0 Å². The SMILES string of the molecule is CCCCc1ccc(CCC2CCCC(C)N2)cc1. The van der Waals surface area contributed by atoms with Crippen LogP contribution in [0.15, 0.2) is 24.3 Å². The van der Waals surface area contributed by atoms with Gasteiger partial charge in [0.1, 0.15) is 0 Å². The molecular weight excluding hydrogens is 230 g/mol. The first kappa shape index (κ1) is 14.6. The Bertz CT molecular complexity index is 354. The van der Waals surface area contributed by atoms with Crippen molar-refractivity contribution in [1.82, 2.24) is 5.32 Å². The van der Waals surface area contributed by atoms with Crippen LogP contribution in [0, 0.1) is 0 Å². The Kier molecular flexibility index (Phi) is 5.91. The first-order valence-electron chi connectivity index (χ1n) is 8.12. The average molecular weight is 259 g/mol. The van der Waals surface area contributed by atoms with E-state index in [2.05, 4.69) is 43.4 Å². The second-order valence-corrected chi connectivity index (χ2v) is 6.15. The topological polar surface area (TPSA) is 12.0 Å². The Morgan fingerprint density at radius 3 is 2.37 bits per heavy atom. The Morgan fingerprint density at radius 1 is 1.05 bits per heavy atom. The number of hydrogen-bond acceptors (Lipinski definition) is 1. The maximum Gasteiger partial charge on any atom is 0.00727 e. The molecule has 1 aliphatic rings. The van der Waals surface area contributed by atoms with E-state index in [1.54, 1.807) is 0 Å². The van der Waals surface area contributed by atoms with Gasteiger partial charge in [0.2, 0.25) is 0 Å². The van der Waals surface area contributed by atoms with Gasteiger partial charge < -0.3 is 5.32 Å². The molecule has 0 saturated carbocycles. The Morgan fingerprint density at radius 2 is 1.74 bits per heavy atom. The molecule has 2 unspecified atom stereocenters. The molecule has 2 rings (SSSR count). The van der Waals surface area contributed by atoms with Crippen molar-refractivity contribution in [3.05, 3.63) is 35.4 Å². The van der Waals surface area contributed by atoms with Gasteiger partial charge in [-0.2, -0.15) is 0 Å². The van der Waals surface area contributed by atoms with Crippen molar-refractivity contribution < 1.29 is 0 Å². The molecule has 106 valence electrons. The molecule has 1 aromatic carbocycles. The van der Waals surface area contributed by atoms with Crippen molar-refractivity contribution in [3.63, 3.8) is 0 Å². The van der Waals surface area contributed by atoms with E-state index < -0.39 is 0 Å². The maximum atomic E-state index is 3.73. The van der Waals surface area contributed by atoms with Crippen molar-refractivity contribution >= 4 is 0 Å². The fraction of sp³-hybridized carbons (Fsp3) is 0.667. The maximum absolute atomic E-state index is 3.73. The highest BCUT2D eigenvalue weighted by atomic mass is 15.0. The molecule has 0 bridgehead atoms. The molecule has 0 radical (unpaired) electrons. The second kappa shape index (κ2) is 7.69. The van der Waals surface area contributed by atoms with Crippen LogP contribution in [0.3, 0.4) is 0 Å². The quantitative estimate of drug-likeness (QED) is 0.793. The number of aryl methyl sites for hydroxylation is 2. The molecule has 1 heteroatoms. The minimum absolute atomic E-state index is 0.718. The van der Waals surface area contributed by atoms with Crippen LogP contribution in [0.4, 0.5) is 0 Å². The van der Waals surface area contributed by atoms with Crippen LogP contribution >= 0.6 is 0 Å². The lowest BCUT2D eigenvalue weighted by Crippen LogP contribution is -2.40. The van der Waals surface area contributed by atoms with E-state index in [1.165, 1.54) is 62.5 Å². The van der Waals surface area contributed by atoms with Gasteiger partial charge in [0.15, 0.2) is 0 Å². The fourth-order valence-corrected chi connectivity index (χ4v) is 3.06. The van der Waals surface area contributed by atoms with Gasteiger partial charge in [-0.1, -0.05) is 44.0 Å². The minimum atomic E-state index is 0.718. The van der Waals surface area contributed by atoms with Crippen LogP contribution < -0.4 is 5.32 Å². The minimum Gasteiger partial charge on any atom is -0.311 e. The average Bonchev–Trinajstić information content (AvgIpc) is 2.44. The van der Waals surface area contributed by atoms with Gasteiger partial charge in [-0.3, -0.25) is 0 Å². The monoisotopic (exact) mass is 259 g/mol. The number of unbranched alkanes of at least 4 members (excludes halogenated alkanes) is 1. The van der Waals surface area contributed by atoms with Crippen LogP contribution in [0.25, 0.3) is 0 Å². The fourth-order valence-electron chi connectivity index (χ4n) is 3.06. The molecule has 0 aromatic heterocycles. The molecule has 1 nitrogen and oxygen atoms in total. The molecule has 1 fully saturated rings. The van der Waals surface area contributed by atoms with Crippen molar-refractivity contribution in [3.8, 4) is 0 Å². The van der Waals surface area contributed by atoms with E-state index in [4.69, 9.17) is 0 Å². The van der Waals surface area contributed by atoms with Crippen LogP contribution in [0.2, 0.25) is 0 Å². The highest BCUT2D eigenvalue weighted by Gasteiger charge is 2.17. The lowest BCUT2D eigenvalue weighted by molar-refractivity contribution is 0.322. The number of nitrogens with one attached hydrogen (secondary N) is 1. The molecule has 1 saturated heterocycles. The molecule has 1 heterocycles. The van der Waals surface area contributed by atoms with Crippen LogP contribution in [-0.2, 0) is 12.8 Å². The number of benzene rings is 1.